The first-order valence-corrected chi connectivity index (χ1v) is 14.7. The molecule has 0 saturated carbocycles. The van der Waals surface area contributed by atoms with E-state index in [-0.39, 0.29) is 24.5 Å². The number of rotatable bonds is 11. The van der Waals surface area contributed by atoms with Crippen LogP contribution in [0.2, 0.25) is 0 Å². The Balaban J connectivity index is 1.49. The van der Waals surface area contributed by atoms with Gasteiger partial charge in [0.2, 0.25) is 5.91 Å². The molecule has 0 aromatic heterocycles. The number of benzene rings is 3. The molecule has 4 rings (SSSR count). The number of amides is 1. The van der Waals surface area contributed by atoms with E-state index >= 15 is 0 Å². The van der Waals surface area contributed by atoms with Gasteiger partial charge in [-0.05, 0) is 97.7 Å². The van der Waals surface area contributed by atoms with Crippen molar-refractivity contribution < 1.29 is 32.7 Å². The lowest BCUT2D eigenvalue weighted by Gasteiger charge is -2.24. The predicted molar refractivity (Wildman–Crippen MR) is 166 cm³/mol. The molecular formula is C35H37F3N2O4. The van der Waals surface area contributed by atoms with E-state index in [9.17, 15) is 32.7 Å². The Bertz CT molecular complexity index is 1530. The van der Waals surface area contributed by atoms with Gasteiger partial charge in [-0.2, -0.15) is 13.2 Å². The van der Waals surface area contributed by atoms with Crippen molar-refractivity contribution in [2.45, 2.75) is 71.0 Å². The maximum absolute atomic E-state index is 13.3. The molecule has 6 nitrogen and oxygen atoms in total. The van der Waals surface area contributed by atoms with Gasteiger partial charge in [0, 0.05) is 36.7 Å². The van der Waals surface area contributed by atoms with Gasteiger partial charge in [0.05, 0.1) is 12.0 Å². The Morgan fingerprint density at radius 1 is 0.977 bits per heavy atom. The molecule has 0 aliphatic heterocycles. The monoisotopic (exact) mass is 606 g/mol. The van der Waals surface area contributed by atoms with Crippen LogP contribution in [0.3, 0.4) is 0 Å². The highest BCUT2D eigenvalue weighted by molar-refractivity contribution is 5.97. The Morgan fingerprint density at radius 3 is 2.36 bits per heavy atom. The van der Waals surface area contributed by atoms with Gasteiger partial charge in [-0.25, -0.2) is 0 Å². The highest BCUT2D eigenvalue weighted by atomic mass is 19.4. The molecule has 9 heteroatoms. The predicted octanol–water partition coefficient (Wildman–Crippen LogP) is 8.89. The molecule has 3 aromatic carbocycles. The van der Waals surface area contributed by atoms with Crippen LogP contribution in [-0.4, -0.2) is 28.9 Å². The van der Waals surface area contributed by atoms with Crippen molar-refractivity contribution in [1.82, 2.24) is 0 Å². The SMILES string of the molecule is CC(=O)Nc1cccc(-c2ccc(C(CCC(F)(F)F)Nc3ccc(C(=O)CC4=CC[C@H](C(=O)O)CCC4)cc3)c(C)c2)c1. The lowest BCUT2D eigenvalue weighted by Crippen LogP contribution is -2.17. The van der Waals surface area contributed by atoms with Crippen molar-refractivity contribution in [1.29, 1.82) is 0 Å². The van der Waals surface area contributed by atoms with E-state index in [1.807, 2.05) is 49.4 Å². The molecule has 232 valence electrons. The summed E-state index contributed by atoms with van der Waals surface area (Å²) >= 11 is 0. The molecule has 1 aliphatic rings. The summed E-state index contributed by atoms with van der Waals surface area (Å²) in [5, 5.41) is 15.3. The summed E-state index contributed by atoms with van der Waals surface area (Å²) in [4.78, 5) is 35.7. The number of halogens is 3. The van der Waals surface area contributed by atoms with Crippen molar-refractivity contribution in [3.63, 3.8) is 0 Å². The summed E-state index contributed by atoms with van der Waals surface area (Å²) in [6.45, 7) is 3.29. The minimum absolute atomic E-state index is 0.0841. The van der Waals surface area contributed by atoms with E-state index in [0.29, 0.717) is 36.2 Å². The van der Waals surface area contributed by atoms with Gasteiger partial charge in [-0.15, -0.1) is 0 Å². The maximum atomic E-state index is 13.3. The smallest absolute Gasteiger partial charge is 0.389 e. The Morgan fingerprint density at radius 2 is 1.70 bits per heavy atom. The molecule has 2 atom stereocenters. The van der Waals surface area contributed by atoms with E-state index in [1.54, 1.807) is 30.3 Å². The number of ketones is 1. The van der Waals surface area contributed by atoms with E-state index in [2.05, 4.69) is 10.6 Å². The molecule has 44 heavy (non-hydrogen) atoms. The summed E-state index contributed by atoms with van der Waals surface area (Å²) in [6.07, 6.45) is -0.933. The second kappa shape index (κ2) is 14.4. The topological polar surface area (TPSA) is 95.5 Å². The molecule has 3 aromatic rings. The number of hydrogen-bond donors (Lipinski definition) is 3. The maximum Gasteiger partial charge on any atom is 0.389 e. The first kappa shape index (κ1) is 32.5. The van der Waals surface area contributed by atoms with E-state index in [1.165, 1.54) is 6.92 Å². The number of carbonyl (C=O) groups excluding carboxylic acids is 2. The Labute approximate surface area is 255 Å². The number of allylic oxidation sites excluding steroid dienone is 2. The van der Waals surface area contributed by atoms with Crippen molar-refractivity contribution >= 4 is 29.0 Å². The quantitative estimate of drug-likeness (QED) is 0.150. The van der Waals surface area contributed by atoms with Gasteiger partial charge < -0.3 is 15.7 Å². The number of anilines is 2. The molecule has 1 amide bonds. The average molecular weight is 607 g/mol. The zero-order chi connectivity index (χ0) is 31.9. The summed E-state index contributed by atoms with van der Waals surface area (Å²) in [5.74, 6) is -1.50. The average Bonchev–Trinajstić information content (AvgIpc) is 3.21. The fourth-order valence-corrected chi connectivity index (χ4v) is 5.59. The lowest BCUT2D eigenvalue weighted by atomic mass is 9.93. The van der Waals surface area contributed by atoms with Crippen LogP contribution < -0.4 is 10.6 Å². The van der Waals surface area contributed by atoms with E-state index in [4.69, 9.17) is 0 Å². The number of alkyl halides is 3. The van der Waals surface area contributed by atoms with E-state index in [0.717, 1.165) is 34.2 Å². The van der Waals surface area contributed by atoms with Crippen LogP contribution in [0.15, 0.2) is 78.4 Å². The highest BCUT2D eigenvalue weighted by Crippen LogP contribution is 2.34. The third-order valence-corrected chi connectivity index (χ3v) is 7.90. The van der Waals surface area contributed by atoms with Gasteiger partial charge in [0.25, 0.3) is 0 Å². The van der Waals surface area contributed by atoms with Gasteiger partial charge >= 0.3 is 12.1 Å². The van der Waals surface area contributed by atoms with Crippen LogP contribution in [0, 0.1) is 12.8 Å². The number of aliphatic carboxylic acids is 1. The minimum atomic E-state index is -4.31. The van der Waals surface area contributed by atoms with Crippen LogP contribution >= 0.6 is 0 Å². The minimum Gasteiger partial charge on any atom is -0.481 e. The molecular weight excluding hydrogens is 569 g/mol. The molecule has 0 saturated heterocycles. The summed E-state index contributed by atoms with van der Waals surface area (Å²) in [6, 6.07) is 19.1. The van der Waals surface area contributed by atoms with Crippen LogP contribution in [0.25, 0.3) is 11.1 Å². The molecule has 3 N–H and O–H groups in total. The largest absolute Gasteiger partial charge is 0.481 e. The van der Waals surface area contributed by atoms with Gasteiger partial charge in [-0.3, -0.25) is 14.4 Å². The molecule has 0 bridgehead atoms. The zero-order valence-corrected chi connectivity index (χ0v) is 24.8. The Kier molecular flexibility index (Phi) is 10.6. The molecule has 0 heterocycles. The number of carboxylic acids is 1. The second-order valence-electron chi connectivity index (χ2n) is 11.4. The molecule has 1 aliphatic carbocycles. The summed E-state index contributed by atoms with van der Waals surface area (Å²) in [5.41, 5.74) is 5.97. The number of aryl methyl sites for hydroxylation is 1. The fraction of sp³-hybridized carbons (Fsp3) is 0.343. The van der Waals surface area contributed by atoms with E-state index < -0.39 is 30.5 Å². The Hall–Kier alpha value is -4.40. The van der Waals surface area contributed by atoms with Crippen LogP contribution in [0.1, 0.15) is 79.4 Å². The normalized spacial score (nSPS) is 15.9. The summed E-state index contributed by atoms with van der Waals surface area (Å²) in [7, 11) is 0. The lowest BCUT2D eigenvalue weighted by molar-refractivity contribution is -0.142. The van der Waals surface area contributed by atoms with Crippen LogP contribution in [-0.2, 0) is 9.59 Å². The van der Waals surface area contributed by atoms with Crippen molar-refractivity contribution in [2.75, 3.05) is 10.6 Å². The molecule has 1 unspecified atom stereocenters. The van der Waals surface area contributed by atoms with Crippen molar-refractivity contribution in [3.05, 3.63) is 95.1 Å². The van der Waals surface area contributed by atoms with Crippen molar-refractivity contribution in [2.24, 2.45) is 5.92 Å². The third-order valence-electron chi connectivity index (χ3n) is 7.90. The highest BCUT2D eigenvalue weighted by Gasteiger charge is 2.29. The molecule has 0 spiro atoms. The third kappa shape index (κ3) is 9.30. The van der Waals surface area contributed by atoms with Crippen molar-refractivity contribution in [3.8, 4) is 11.1 Å². The number of hydrogen-bond acceptors (Lipinski definition) is 4. The fourth-order valence-electron chi connectivity index (χ4n) is 5.59. The first-order valence-electron chi connectivity index (χ1n) is 14.7. The number of Topliss-reactive ketones (excluding diaryl/α,β-unsaturated/α-hetero) is 1. The standard InChI is InChI=1S/C35H37F3N2O4/c1-22-19-28(27-7-4-8-30(21-27)39-23(2)41)13-16-31(22)32(17-18-35(36,37)38)40-29-14-11-25(12-15-29)33(42)20-24-5-3-6-26(10-9-24)34(43)44/h4,7-9,11-16,19,21,26,32,40H,3,5-6,10,17-18,20H2,1-2H3,(H,39,41)(H,43,44)/t26-,32?/m1/s1. The molecule has 0 radical (unpaired) electrons. The zero-order valence-electron chi connectivity index (χ0n) is 24.8. The van der Waals surface area contributed by atoms with Gasteiger partial charge in [0.1, 0.15) is 0 Å². The first-order chi connectivity index (χ1) is 20.9. The summed E-state index contributed by atoms with van der Waals surface area (Å²) < 4.78 is 39.8. The second-order valence-corrected chi connectivity index (χ2v) is 11.4. The number of carbonyl (C=O) groups is 3. The molecule has 0 fully saturated rings. The van der Waals surface area contributed by atoms with Crippen LogP contribution in [0.5, 0.6) is 0 Å². The number of nitrogens with one attached hydrogen (secondary N) is 2. The van der Waals surface area contributed by atoms with Gasteiger partial charge in [-0.1, -0.05) is 42.0 Å². The van der Waals surface area contributed by atoms with Crippen LogP contribution in [0.4, 0.5) is 24.5 Å². The van der Waals surface area contributed by atoms with Gasteiger partial charge in [0.15, 0.2) is 5.78 Å². The number of carboxylic acid groups (broad SMARTS) is 1.